The third kappa shape index (κ3) is 2.79. The van der Waals surface area contributed by atoms with E-state index in [0.717, 1.165) is 22.3 Å². The number of aromatic nitrogens is 1. The fraction of sp³-hybridized carbons (Fsp3) is 0.400. The van der Waals surface area contributed by atoms with Gasteiger partial charge in [0, 0.05) is 28.9 Å². The maximum Gasteiger partial charge on any atom is 0.0725 e. The van der Waals surface area contributed by atoms with Gasteiger partial charge >= 0.3 is 0 Å². The molecule has 1 aromatic heterocycles. The molecule has 1 heterocycles. The molecule has 2 aromatic rings. The second-order valence-electron chi connectivity index (χ2n) is 5.31. The van der Waals surface area contributed by atoms with Gasteiger partial charge in [-0.1, -0.05) is 18.2 Å². The fourth-order valence-electron chi connectivity index (χ4n) is 2.12. The summed E-state index contributed by atoms with van der Waals surface area (Å²) < 4.78 is 0. The molecular formula is C15H20N2O. The van der Waals surface area contributed by atoms with Crippen molar-refractivity contribution in [2.45, 2.75) is 32.7 Å². The lowest BCUT2D eigenvalue weighted by Gasteiger charge is -2.27. The monoisotopic (exact) mass is 244 g/mol. The molecule has 2 N–H and O–H groups in total. The van der Waals surface area contributed by atoms with Crippen LogP contribution in [0.4, 0.5) is 5.69 Å². The molecule has 0 amide bonds. The predicted octanol–water partition coefficient (Wildman–Crippen LogP) is 3.12. The first-order valence-corrected chi connectivity index (χ1v) is 6.27. The van der Waals surface area contributed by atoms with Crippen LogP contribution in [0, 0.1) is 6.92 Å². The zero-order chi connectivity index (χ0) is 13.2. The highest BCUT2D eigenvalue weighted by Gasteiger charge is 2.17. The SMILES string of the molecule is Cc1cc(NC(C)(C)CCO)c2ccccc2n1. The van der Waals surface area contributed by atoms with E-state index in [0.29, 0.717) is 6.42 Å². The van der Waals surface area contributed by atoms with E-state index in [1.54, 1.807) is 0 Å². The number of hydrogen-bond donors (Lipinski definition) is 2. The minimum absolute atomic E-state index is 0.134. The summed E-state index contributed by atoms with van der Waals surface area (Å²) in [6.07, 6.45) is 0.711. The average Bonchev–Trinajstić information content (AvgIpc) is 2.28. The standard InChI is InChI=1S/C15H20N2O/c1-11-10-14(17-15(2,3)8-9-18)12-6-4-5-7-13(12)16-11/h4-7,10,18H,8-9H2,1-3H3,(H,16,17). The topological polar surface area (TPSA) is 45.1 Å². The normalized spacial score (nSPS) is 11.8. The summed E-state index contributed by atoms with van der Waals surface area (Å²) in [7, 11) is 0. The third-order valence-corrected chi connectivity index (χ3v) is 3.05. The van der Waals surface area contributed by atoms with Crippen molar-refractivity contribution in [2.24, 2.45) is 0 Å². The Labute approximate surface area is 108 Å². The molecule has 0 fully saturated rings. The number of fused-ring (bicyclic) bond motifs is 1. The van der Waals surface area contributed by atoms with Crippen molar-refractivity contribution in [3.05, 3.63) is 36.0 Å². The molecule has 0 bridgehead atoms. The summed E-state index contributed by atoms with van der Waals surface area (Å²) >= 11 is 0. The second-order valence-corrected chi connectivity index (χ2v) is 5.31. The average molecular weight is 244 g/mol. The van der Waals surface area contributed by atoms with Crippen molar-refractivity contribution in [2.75, 3.05) is 11.9 Å². The Kier molecular flexibility index (Phi) is 3.53. The van der Waals surface area contributed by atoms with Crippen LogP contribution in [0.5, 0.6) is 0 Å². The highest BCUT2D eigenvalue weighted by molar-refractivity contribution is 5.91. The number of para-hydroxylation sites is 1. The van der Waals surface area contributed by atoms with E-state index < -0.39 is 0 Å². The van der Waals surface area contributed by atoms with Gasteiger partial charge in [0.1, 0.15) is 0 Å². The molecule has 0 aliphatic carbocycles. The zero-order valence-corrected chi connectivity index (χ0v) is 11.2. The van der Waals surface area contributed by atoms with Crippen LogP contribution in [0.3, 0.4) is 0 Å². The van der Waals surface area contributed by atoms with Gasteiger partial charge < -0.3 is 10.4 Å². The highest BCUT2D eigenvalue weighted by atomic mass is 16.3. The molecule has 0 spiro atoms. The van der Waals surface area contributed by atoms with Crippen LogP contribution in [-0.2, 0) is 0 Å². The van der Waals surface area contributed by atoms with Crippen LogP contribution < -0.4 is 5.32 Å². The lowest BCUT2D eigenvalue weighted by Crippen LogP contribution is -2.32. The maximum absolute atomic E-state index is 9.10. The molecule has 3 heteroatoms. The van der Waals surface area contributed by atoms with Gasteiger partial charge in [0.2, 0.25) is 0 Å². The number of rotatable bonds is 4. The molecule has 2 rings (SSSR count). The molecule has 0 unspecified atom stereocenters. The number of pyridine rings is 1. The smallest absolute Gasteiger partial charge is 0.0725 e. The first-order chi connectivity index (χ1) is 8.52. The van der Waals surface area contributed by atoms with Crippen molar-refractivity contribution in [1.82, 2.24) is 4.98 Å². The second kappa shape index (κ2) is 4.94. The molecular weight excluding hydrogens is 224 g/mol. The van der Waals surface area contributed by atoms with E-state index in [1.807, 2.05) is 25.1 Å². The van der Waals surface area contributed by atoms with Gasteiger partial charge in [-0.15, -0.1) is 0 Å². The van der Waals surface area contributed by atoms with Crippen LogP contribution in [-0.4, -0.2) is 22.2 Å². The van der Waals surface area contributed by atoms with Crippen LogP contribution in [0.25, 0.3) is 10.9 Å². The number of benzene rings is 1. The summed E-state index contributed by atoms with van der Waals surface area (Å²) in [4.78, 5) is 4.52. The highest BCUT2D eigenvalue weighted by Crippen LogP contribution is 2.26. The molecule has 1 aromatic carbocycles. The van der Waals surface area contributed by atoms with E-state index in [2.05, 4.69) is 36.3 Å². The van der Waals surface area contributed by atoms with Gasteiger partial charge in [0.25, 0.3) is 0 Å². The maximum atomic E-state index is 9.10. The van der Waals surface area contributed by atoms with Gasteiger partial charge in [-0.2, -0.15) is 0 Å². The lowest BCUT2D eigenvalue weighted by atomic mass is 10.00. The molecule has 0 aliphatic heterocycles. The fourth-order valence-corrected chi connectivity index (χ4v) is 2.12. The van der Waals surface area contributed by atoms with Gasteiger partial charge in [0.15, 0.2) is 0 Å². The van der Waals surface area contributed by atoms with Crippen molar-refractivity contribution in [3.63, 3.8) is 0 Å². The molecule has 0 aliphatic rings. The Morgan fingerprint density at radius 1 is 1.28 bits per heavy atom. The van der Waals surface area contributed by atoms with Crippen LogP contribution in [0.2, 0.25) is 0 Å². The minimum Gasteiger partial charge on any atom is -0.396 e. The van der Waals surface area contributed by atoms with E-state index in [-0.39, 0.29) is 12.1 Å². The summed E-state index contributed by atoms with van der Waals surface area (Å²) in [6, 6.07) is 10.2. The first kappa shape index (κ1) is 12.8. The predicted molar refractivity (Wildman–Crippen MR) is 75.9 cm³/mol. The molecule has 96 valence electrons. The van der Waals surface area contributed by atoms with E-state index in [1.165, 1.54) is 0 Å². The van der Waals surface area contributed by atoms with Gasteiger partial charge in [-0.3, -0.25) is 4.98 Å². The molecule has 18 heavy (non-hydrogen) atoms. The Morgan fingerprint density at radius 3 is 2.72 bits per heavy atom. The van der Waals surface area contributed by atoms with Crippen molar-refractivity contribution < 1.29 is 5.11 Å². The number of aryl methyl sites for hydroxylation is 1. The third-order valence-electron chi connectivity index (χ3n) is 3.05. The largest absolute Gasteiger partial charge is 0.396 e. The van der Waals surface area contributed by atoms with E-state index in [4.69, 9.17) is 5.11 Å². The molecule has 0 radical (unpaired) electrons. The zero-order valence-electron chi connectivity index (χ0n) is 11.2. The summed E-state index contributed by atoms with van der Waals surface area (Å²) in [5, 5.41) is 13.7. The number of hydrogen-bond acceptors (Lipinski definition) is 3. The summed E-state index contributed by atoms with van der Waals surface area (Å²) in [5.41, 5.74) is 2.94. The van der Waals surface area contributed by atoms with Crippen molar-refractivity contribution in [3.8, 4) is 0 Å². The van der Waals surface area contributed by atoms with Crippen LogP contribution >= 0.6 is 0 Å². The summed E-state index contributed by atoms with van der Waals surface area (Å²) in [6.45, 7) is 6.36. The quantitative estimate of drug-likeness (QED) is 0.868. The Bertz CT molecular complexity index is 549. The number of aliphatic hydroxyl groups is 1. The lowest BCUT2D eigenvalue weighted by molar-refractivity contribution is 0.261. The molecule has 0 saturated carbocycles. The molecule has 0 saturated heterocycles. The number of nitrogens with one attached hydrogen (secondary N) is 1. The number of anilines is 1. The molecule has 3 nitrogen and oxygen atoms in total. The molecule has 0 atom stereocenters. The summed E-state index contributed by atoms with van der Waals surface area (Å²) in [5.74, 6) is 0. The Morgan fingerprint density at radius 2 is 2.00 bits per heavy atom. The first-order valence-electron chi connectivity index (χ1n) is 6.27. The van der Waals surface area contributed by atoms with Crippen molar-refractivity contribution in [1.29, 1.82) is 0 Å². The van der Waals surface area contributed by atoms with Gasteiger partial charge in [-0.05, 0) is 39.3 Å². The van der Waals surface area contributed by atoms with E-state index in [9.17, 15) is 0 Å². The Balaban J connectivity index is 2.44. The van der Waals surface area contributed by atoms with Gasteiger partial charge in [-0.25, -0.2) is 0 Å². The van der Waals surface area contributed by atoms with Crippen LogP contribution in [0.15, 0.2) is 30.3 Å². The van der Waals surface area contributed by atoms with Crippen LogP contribution in [0.1, 0.15) is 26.0 Å². The minimum atomic E-state index is -0.134. The van der Waals surface area contributed by atoms with Gasteiger partial charge in [0.05, 0.1) is 5.52 Å². The van der Waals surface area contributed by atoms with E-state index >= 15 is 0 Å². The number of aliphatic hydroxyl groups excluding tert-OH is 1. The number of nitrogens with zero attached hydrogens (tertiary/aromatic N) is 1. The van der Waals surface area contributed by atoms with Crippen molar-refractivity contribution >= 4 is 16.6 Å². The Hall–Kier alpha value is -1.61.